The molecule has 8 heteroatoms. The molecule has 2 heterocycles. The molecule has 1 aromatic carbocycles. The topological polar surface area (TPSA) is 40.7 Å². The van der Waals surface area contributed by atoms with Gasteiger partial charge in [0.2, 0.25) is 0 Å². The number of alkyl halides is 3. The lowest BCUT2D eigenvalue weighted by molar-refractivity contribution is -0.137. The van der Waals surface area contributed by atoms with Crippen LogP contribution in [-0.4, -0.2) is 9.97 Å². The highest BCUT2D eigenvalue weighted by Gasteiger charge is 2.31. The number of nitrogens with zero attached hydrogens (tertiary/aromatic N) is 1. The number of benzene rings is 1. The molecular weight excluding hydrogens is 342 g/mol. The first-order valence-electron chi connectivity index (χ1n) is 6.83. The van der Waals surface area contributed by atoms with Crippen LogP contribution in [0.3, 0.4) is 0 Å². The Hall–Kier alpha value is -2.48. The predicted octanol–water partition coefficient (Wildman–Crippen LogP) is 5.35. The largest absolute Gasteiger partial charge is 0.416 e. The Morgan fingerprint density at radius 1 is 1.08 bits per heavy atom. The average Bonchev–Trinajstić information content (AvgIpc) is 3.02. The molecule has 0 spiro atoms. The van der Waals surface area contributed by atoms with Crippen LogP contribution in [0.5, 0.6) is 0 Å². The maximum atomic E-state index is 13.8. The number of anilines is 1. The van der Waals surface area contributed by atoms with E-state index in [1.165, 1.54) is 0 Å². The van der Waals surface area contributed by atoms with Crippen LogP contribution in [0.1, 0.15) is 5.56 Å². The predicted molar refractivity (Wildman–Crippen MR) is 84.9 cm³/mol. The van der Waals surface area contributed by atoms with Crippen molar-refractivity contribution in [3.8, 4) is 11.4 Å². The van der Waals surface area contributed by atoms with Gasteiger partial charge in [-0.05, 0) is 48.3 Å². The SMILES string of the molecule is Fc1cc(C(F)(F)F)ccc1NSc1c[nH]c(-c2ccccn2)c1. The van der Waals surface area contributed by atoms with E-state index < -0.39 is 17.6 Å². The van der Waals surface area contributed by atoms with E-state index in [9.17, 15) is 17.6 Å². The number of pyridine rings is 1. The summed E-state index contributed by atoms with van der Waals surface area (Å²) < 4.78 is 54.0. The first-order chi connectivity index (χ1) is 11.4. The van der Waals surface area contributed by atoms with Crippen molar-refractivity contribution in [1.82, 2.24) is 9.97 Å². The highest BCUT2D eigenvalue weighted by molar-refractivity contribution is 8.00. The molecule has 0 amide bonds. The van der Waals surface area contributed by atoms with Crippen LogP contribution in [0.4, 0.5) is 23.2 Å². The van der Waals surface area contributed by atoms with Crippen molar-refractivity contribution in [3.63, 3.8) is 0 Å². The monoisotopic (exact) mass is 353 g/mol. The minimum atomic E-state index is -4.56. The highest BCUT2D eigenvalue weighted by atomic mass is 32.2. The van der Waals surface area contributed by atoms with Gasteiger partial charge in [-0.3, -0.25) is 4.98 Å². The molecule has 0 aliphatic heterocycles. The smallest absolute Gasteiger partial charge is 0.359 e. The van der Waals surface area contributed by atoms with Gasteiger partial charge in [0, 0.05) is 17.3 Å². The summed E-state index contributed by atoms with van der Waals surface area (Å²) >= 11 is 1.09. The summed E-state index contributed by atoms with van der Waals surface area (Å²) in [5, 5.41) is 0. The minimum Gasteiger partial charge on any atom is -0.359 e. The van der Waals surface area contributed by atoms with E-state index in [1.54, 1.807) is 18.5 Å². The van der Waals surface area contributed by atoms with Crippen molar-refractivity contribution < 1.29 is 17.6 Å². The quantitative estimate of drug-likeness (QED) is 0.490. The van der Waals surface area contributed by atoms with Crippen LogP contribution in [-0.2, 0) is 6.18 Å². The fraction of sp³-hybridized carbons (Fsp3) is 0.0625. The van der Waals surface area contributed by atoms with E-state index in [4.69, 9.17) is 0 Å². The summed E-state index contributed by atoms with van der Waals surface area (Å²) in [5.41, 5.74) is 0.501. The number of rotatable bonds is 4. The van der Waals surface area contributed by atoms with Crippen LogP contribution in [0.15, 0.2) is 59.8 Å². The Morgan fingerprint density at radius 3 is 2.58 bits per heavy atom. The third-order valence-electron chi connectivity index (χ3n) is 3.17. The number of halogens is 4. The fourth-order valence-electron chi connectivity index (χ4n) is 1.99. The lowest BCUT2D eigenvalue weighted by atomic mass is 10.2. The number of aromatic amines is 1. The van der Waals surface area contributed by atoms with E-state index in [2.05, 4.69) is 14.7 Å². The van der Waals surface area contributed by atoms with Crippen LogP contribution in [0.2, 0.25) is 0 Å². The normalized spacial score (nSPS) is 11.5. The van der Waals surface area contributed by atoms with Gasteiger partial charge >= 0.3 is 6.18 Å². The zero-order chi connectivity index (χ0) is 17.2. The van der Waals surface area contributed by atoms with Crippen LogP contribution < -0.4 is 4.72 Å². The number of hydrogen-bond acceptors (Lipinski definition) is 3. The summed E-state index contributed by atoms with van der Waals surface area (Å²) in [6, 6.07) is 9.67. The Kier molecular flexibility index (Phi) is 4.48. The van der Waals surface area contributed by atoms with Gasteiger partial charge in [-0.15, -0.1) is 0 Å². The molecule has 2 N–H and O–H groups in total. The number of H-pyrrole nitrogens is 1. The van der Waals surface area contributed by atoms with Crippen LogP contribution in [0, 0.1) is 5.82 Å². The zero-order valence-electron chi connectivity index (χ0n) is 12.1. The molecule has 0 unspecified atom stereocenters. The van der Waals surface area contributed by atoms with Crippen molar-refractivity contribution >= 4 is 17.6 Å². The van der Waals surface area contributed by atoms with Crippen molar-refractivity contribution in [3.05, 3.63) is 66.2 Å². The van der Waals surface area contributed by atoms with Crippen molar-refractivity contribution in [2.75, 3.05) is 4.72 Å². The van der Waals surface area contributed by atoms with Crippen LogP contribution >= 0.6 is 11.9 Å². The summed E-state index contributed by atoms with van der Waals surface area (Å²) in [5.74, 6) is -0.960. The maximum absolute atomic E-state index is 13.8. The molecule has 0 atom stereocenters. The first kappa shape index (κ1) is 16.4. The van der Waals surface area contributed by atoms with Gasteiger partial charge in [0.1, 0.15) is 5.82 Å². The van der Waals surface area contributed by atoms with E-state index >= 15 is 0 Å². The van der Waals surface area contributed by atoms with E-state index in [-0.39, 0.29) is 5.69 Å². The number of hydrogen-bond donors (Lipinski definition) is 2. The molecule has 0 bridgehead atoms. The van der Waals surface area contributed by atoms with Crippen molar-refractivity contribution in [2.45, 2.75) is 11.1 Å². The molecule has 3 rings (SSSR count). The van der Waals surface area contributed by atoms with Gasteiger partial charge in [-0.2, -0.15) is 13.2 Å². The summed E-state index contributed by atoms with van der Waals surface area (Å²) in [7, 11) is 0. The second kappa shape index (κ2) is 6.56. The molecule has 0 saturated heterocycles. The van der Waals surface area contributed by atoms with Crippen LogP contribution in [0.25, 0.3) is 11.4 Å². The lowest BCUT2D eigenvalue weighted by Crippen LogP contribution is -2.05. The molecule has 0 aliphatic rings. The average molecular weight is 353 g/mol. The molecule has 0 aliphatic carbocycles. The standard InChI is InChI=1S/C16H11F4N3S/c17-12-7-10(16(18,19)20)4-5-13(12)23-24-11-8-15(22-9-11)14-3-1-2-6-21-14/h1-9,22-23H. The number of nitrogens with one attached hydrogen (secondary N) is 2. The minimum absolute atomic E-state index is 0.0198. The highest BCUT2D eigenvalue weighted by Crippen LogP contribution is 2.32. The van der Waals surface area contributed by atoms with Gasteiger partial charge in [0.15, 0.2) is 0 Å². The lowest BCUT2D eigenvalue weighted by Gasteiger charge is -2.09. The summed E-state index contributed by atoms with van der Waals surface area (Å²) in [6.07, 6.45) is -1.20. The third-order valence-corrected chi connectivity index (χ3v) is 3.97. The maximum Gasteiger partial charge on any atom is 0.416 e. The third kappa shape index (κ3) is 3.70. The van der Waals surface area contributed by atoms with Crippen molar-refractivity contribution in [2.24, 2.45) is 0 Å². The Bertz CT molecular complexity index is 831. The van der Waals surface area contributed by atoms with Gasteiger partial charge in [0.05, 0.1) is 22.6 Å². The zero-order valence-corrected chi connectivity index (χ0v) is 12.9. The molecule has 0 radical (unpaired) electrons. The number of aromatic nitrogens is 2. The molecule has 2 aromatic heterocycles. The van der Waals surface area contributed by atoms with Gasteiger partial charge in [0.25, 0.3) is 0 Å². The van der Waals surface area contributed by atoms with E-state index in [0.29, 0.717) is 6.07 Å². The molecule has 0 fully saturated rings. The molecule has 24 heavy (non-hydrogen) atoms. The molecule has 124 valence electrons. The van der Waals surface area contributed by atoms with E-state index in [1.807, 2.05) is 18.2 Å². The first-order valence-corrected chi connectivity index (χ1v) is 7.64. The fourth-order valence-corrected chi connectivity index (χ4v) is 2.68. The second-order valence-corrected chi connectivity index (χ2v) is 5.74. The summed E-state index contributed by atoms with van der Waals surface area (Å²) in [4.78, 5) is 7.98. The van der Waals surface area contributed by atoms with Crippen molar-refractivity contribution in [1.29, 1.82) is 0 Å². The van der Waals surface area contributed by atoms with Gasteiger partial charge in [-0.25, -0.2) is 4.39 Å². The Morgan fingerprint density at radius 2 is 1.92 bits per heavy atom. The van der Waals surface area contributed by atoms with Gasteiger partial charge in [-0.1, -0.05) is 6.07 Å². The second-order valence-electron chi connectivity index (χ2n) is 4.86. The Balaban J connectivity index is 1.69. The molecular formula is C16H11F4N3S. The van der Waals surface area contributed by atoms with Gasteiger partial charge < -0.3 is 9.71 Å². The molecule has 3 nitrogen and oxygen atoms in total. The Labute approximate surface area is 139 Å². The summed E-state index contributed by atoms with van der Waals surface area (Å²) in [6.45, 7) is 0. The van der Waals surface area contributed by atoms with E-state index in [0.717, 1.165) is 40.4 Å². The molecule has 0 saturated carbocycles. The molecule has 3 aromatic rings.